The van der Waals surface area contributed by atoms with E-state index in [2.05, 4.69) is 15.4 Å². The van der Waals surface area contributed by atoms with E-state index >= 15 is 0 Å². The number of morpholine rings is 1. The molecule has 0 bridgehead atoms. The Morgan fingerprint density at radius 2 is 2.35 bits per heavy atom. The topological polar surface area (TPSA) is 72.3 Å². The SMILES string of the molecule is Cc1cnn(CC2CN(C(=O)Nc3ccc(F)cn3)CCO2)c1. The highest BCUT2D eigenvalue weighted by atomic mass is 19.1. The number of urea groups is 1. The molecule has 0 saturated carbocycles. The lowest BCUT2D eigenvalue weighted by molar-refractivity contribution is -0.0220. The lowest BCUT2D eigenvalue weighted by atomic mass is 10.3. The van der Waals surface area contributed by atoms with Crippen LogP contribution < -0.4 is 5.32 Å². The number of amides is 2. The number of rotatable bonds is 3. The van der Waals surface area contributed by atoms with Crippen molar-refractivity contribution in [2.45, 2.75) is 19.6 Å². The van der Waals surface area contributed by atoms with E-state index in [0.29, 0.717) is 32.1 Å². The number of nitrogens with zero attached hydrogens (tertiary/aromatic N) is 4. The molecule has 122 valence electrons. The third-order valence-corrected chi connectivity index (χ3v) is 3.54. The normalized spacial score (nSPS) is 18.0. The molecule has 1 fully saturated rings. The summed E-state index contributed by atoms with van der Waals surface area (Å²) in [7, 11) is 0. The standard InChI is InChI=1S/C15H18FN5O2/c1-11-6-18-21(8-11)10-13-9-20(4-5-23-13)15(22)19-14-3-2-12(16)7-17-14/h2-3,6-8,13H,4-5,9-10H2,1H3,(H,17,19,22). The van der Waals surface area contributed by atoms with Crippen LogP contribution in [0.1, 0.15) is 5.56 Å². The first kappa shape index (κ1) is 15.4. The molecule has 7 nitrogen and oxygen atoms in total. The number of pyridine rings is 1. The summed E-state index contributed by atoms with van der Waals surface area (Å²) in [6, 6.07) is 2.41. The summed E-state index contributed by atoms with van der Waals surface area (Å²) in [5, 5.41) is 6.89. The molecule has 1 unspecified atom stereocenters. The second kappa shape index (κ2) is 6.74. The zero-order valence-electron chi connectivity index (χ0n) is 12.8. The van der Waals surface area contributed by atoms with Crippen LogP contribution in [0.15, 0.2) is 30.7 Å². The minimum Gasteiger partial charge on any atom is -0.373 e. The van der Waals surface area contributed by atoms with Gasteiger partial charge in [0.15, 0.2) is 0 Å². The minimum absolute atomic E-state index is 0.116. The molecule has 0 spiro atoms. The Morgan fingerprint density at radius 3 is 3.04 bits per heavy atom. The number of aromatic nitrogens is 3. The predicted molar refractivity (Wildman–Crippen MR) is 81.5 cm³/mol. The van der Waals surface area contributed by atoms with Crippen molar-refractivity contribution in [1.82, 2.24) is 19.7 Å². The summed E-state index contributed by atoms with van der Waals surface area (Å²) in [4.78, 5) is 17.7. The maximum atomic E-state index is 12.8. The Balaban J connectivity index is 1.56. The Bertz CT molecular complexity index is 673. The number of halogens is 1. The van der Waals surface area contributed by atoms with E-state index in [-0.39, 0.29) is 12.1 Å². The molecule has 1 saturated heterocycles. The van der Waals surface area contributed by atoms with Crippen LogP contribution >= 0.6 is 0 Å². The first-order valence-electron chi connectivity index (χ1n) is 7.38. The third kappa shape index (κ3) is 4.04. The number of hydrogen-bond acceptors (Lipinski definition) is 4. The maximum Gasteiger partial charge on any atom is 0.323 e. The molecule has 2 amide bonds. The Morgan fingerprint density at radius 1 is 1.48 bits per heavy atom. The predicted octanol–water partition coefficient (Wildman–Crippen LogP) is 1.66. The highest BCUT2D eigenvalue weighted by Crippen LogP contribution is 2.11. The molecule has 1 N–H and O–H groups in total. The average Bonchev–Trinajstić information content (AvgIpc) is 2.95. The Kier molecular flexibility index (Phi) is 4.52. The molecule has 3 rings (SSSR count). The third-order valence-electron chi connectivity index (χ3n) is 3.54. The number of carbonyl (C=O) groups is 1. The van der Waals surface area contributed by atoms with E-state index in [9.17, 15) is 9.18 Å². The number of nitrogens with one attached hydrogen (secondary N) is 1. The molecule has 1 aliphatic heterocycles. The van der Waals surface area contributed by atoms with Crippen LogP contribution in [0, 0.1) is 12.7 Å². The van der Waals surface area contributed by atoms with Crippen LogP contribution in [0.3, 0.4) is 0 Å². The monoisotopic (exact) mass is 319 g/mol. The van der Waals surface area contributed by atoms with Crippen molar-refractivity contribution in [2.24, 2.45) is 0 Å². The van der Waals surface area contributed by atoms with Gasteiger partial charge in [-0.2, -0.15) is 5.10 Å². The van der Waals surface area contributed by atoms with E-state index < -0.39 is 5.82 Å². The van der Waals surface area contributed by atoms with Gasteiger partial charge in [0.1, 0.15) is 11.6 Å². The quantitative estimate of drug-likeness (QED) is 0.934. The molecule has 2 aromatic heterocycles. The molecule has 0 radical (unpaired) electrons. The highest BCUT2D eigenvalue weighted by molar-refractivity contribution is 5.88. The summed E-state index contributed by atoms with van der Waals surface area (Å²) >= 11 is 0. The van der Waals surface area contributed by atoms with Crippen LogP contribution in [0.5, 0.6) is 0 Å². The van der Waals surface area contributed by atoms with E-state index in [1.807, 2.05) is 17.8 Å². The number of ether oxygens (including phenoxy) is 1. The fourth-order valence-corrected chi connectivity index (χ4v) is 2.43. The average molecular weight is 319 g/mol. The van der Waals surface area contributed by atoms with E-state index in [0.717, 1.165) is 11.8 Å². The molecular formula is C15H18FN5O2. The first-order valence-corrected chi connectivity index (χ1v) is 7.38. The van der Waals surface area contributed by atoms with Gasteiger partial charge in [-0.15, -0.1) is 0 Å². The van der Waals surface area contributed by atoms with Gasteiger partial charge in [-0.1, -0.05) is 0 Å². The minimum atomic E-state index is -0.441. The van der Waals surface area contributed by atoms with Crippen LogP contribution in [-0.4, -0.2) is 51.5 Å². The molecule has 8 heteroatoms. The first-order chi connectivity index (χ1) is 11.1. The lowest BCUT2D eigenvalue weighted by Crippen LogP contribution is -2.48. The van der Waals surface area contributed by atoms with Gasteiger partial charge in [0.25, 0.3) is 0 Å². The molecule has 1 aliphatic rings. The highest BCUT2D eigenvalue weighted by Gasteiger charge is 2.25. The molecule has 2 aromatic rings. The van der Waals surface area contributed by atoms with Gasteiger partial charge in [-0.3, -0.25) is 10.00 Å². The Labute approximate surface area is 133 Å². The summed E-state index contributed by atoms with van der Waals surface area (Å²) in [5.74, 6) is -0.119. The number of aryl methyl sites for hydroxylation is 1. The largest absolute Gasteiger partial charge is 0.373 e. The molecular weight excluding hydrogens is 301 g/mol. The van der Waals surface area contributed by atoms with Gasteiger partial charge in [0.2, 0.25) is 0 Å². The van der Waals surface area contributed by atoms with Crippen molar-refractivity contribution in [2.75, 3.05) is 25.0 Å². The van der Waals surface area contributed by atoms with Crippen LogP contribution in [-0.2, 0) is 11.3 Å². The second-order valence-electron chi connectivity index (χ2n) is 5.47. The fraction of sp³-hybridized carbons (Fsp3) is 0.400. The van der Waals surface area contributed by atoms with Crippen LogP contribution in [0.4, 0.5) is 15.0 Å². The van der Waals surface area contributed by atoms with E-state index in [1.165, 1.54) is 12.1 Å². The second-order valence-corrected chi connectivity index (χ2v) is 5.47. The molecule has 1 atom stereocenters. The van der Waals surface area contributed by atoms with Crippen molar-refractivity contribution in [3.63, 3.8) is 0 Å². The van der Waals surface area contributed by atoms with Gasteiger partial charge < -0.3 is 9.64 Å². The van der Waals surface area contributed by atoms with Crippen molar-refractivity contribution < 1.29 is 13.9 Å². The van der Waals surface area contributed by atoms with E-state index in [4.69, 9.17) is 4.74 Å². The smallest absolute Gasteiger partial charge is 0.323 e. The summed E-state index contributed by atoms with van der Waals surface area (Å²) in [5.41, 5.74) is 1.08. The molecule has 0 aromatic carbocycles. The van der Waals surface area contributed by atoms with Gasteiger partial charge in [-0.25, -0.2) is 14.2 Å². The van der Waals surface area contributed by atoms with Gasteiger partial charge >= 0.3 is 6.03 Å². The lowest BCUT2D eigenvalue weighted by Gasteiger charge is -2.32. The van der Waals surface area contributed by atoms with Crippen molar-refractivity contribution in [3.05, 3.63) is 42.1 Å². The van der Waals surface area contributed by atoms with E-state index in [1.54, 1.807) is 11.1 Å². The van der Waals surface area contributed by atoms with Crippen molar-refractivity contribution in [3.8, 4) is 0 Å². The number of hydrogen-bond donors (Lipinski definition) is 1. The molecule has 3 heterocycles. The summed E-state index contributed by atoms with van der Waals surface area (Å²) in [6.45, 7) is 4.00. The number of carbonyl (C=O) groups excluding carboxylic acids is 1. The summed E-state index contributed by atoms with van der Waals surface area (Å²) in [6.07, 6.45) is 4.67. The molecule has 0 aliphatic carbocycles. The van der Waals surface area contributed by atoms with Gasteiger partial charge in [0, 0.05) is 12.7 Å². The van der Waals surface area contributed by atoms with Gasteiger partial charge in [-0.05, 0) is 24.6 Å². The summed E-state index contributed by atoms with van der Waals surface area (Å²) < 4.78 is 20.3. The van der Waals surface area contributed by atoms with Crippen LogP contribution in [0.25, 0.3) is 0 Å². The van der Waals surface area contributed by atoms with Crippen LogP contribution in [0.2, 0.25) is 0 Å². The molecule has 23 heavy (non-hydrogen) atoms. The zero-order chi connectivity index (χ0) is 16.2. The maximum absolute atomic E-state index is 12.8. The Hall–Kier alpha value is -2.48. The van der Waals surface area contributed by atoms with Crippen molar-refractivity contribution >= 4 is 11.8 Å². The van der Waals surface area contributed by atoms with Gasteiger partial charge in [0.05, 0.1) is 38.2 Å². The fourth-order valence-electron chi connectivity index (χ4n) is 2.43. The van der Waals surface area contributed by atoms with Crippen molar-refractivity contribution in [1.29, 1.82) is 0 Å². The zero-order valence-corrected chi connectivity index (χ0v) is 12.8. The number of anilines is 1.